The second-order valence-electron chi connectivity index (χ2n) is 20.8. The lowest BCUT2D eigenvalue weighted by atomic mass is 9.70. The summed E-state index contributed by atoms with van der Waals surface area (Å²) in [6.45, 7) is 0. The lowest BCUT2D eigenvalue weighted by molar-refractivity contribution is 0.0749. The molecule has 0 spiro atoms. The Hall–Kier alpha value is -9.77. The zero-order chi connectivity index (χ0) is 58.4. The molecule has 0 fully saturated rings. The van der Waals surface area contributed by atoms with Crippen LogP contribution >= 0.6 is 11.3 Å². The van der Waals surface area contributed by atoms with Gasteiger partial charge in [0, 0.05) is 33.0 Å². The number of phenols is 16. The van der Waals surface area contributed by atoms with Gasteiger partial charge >= 0.3 is 0 Å². The van der Waals surface area contributed by atoms with E-state index in [1.807, 2.05) is 0 Å². The molecule has 5 aromatic heterocycles. The van der Waals surface area contributed by atoms with Gasteiger partial charge in [-0.25, -0.2) is 0 Å². The molecule has 0 amide bonds. The Bertz CT molecular complexity index is 5130. The molecule has 0 aliphatic rings. The number of nitrogens with zero attached hydrogens (tertiary/aromatic N) is 2. The number of rotatable bonds is 3. The summed E-state index contributed by atoms with van der Waals surface area (Å²) >= 11 is 0.878. The van der Waals surface area contributed by atoms with Crippen LogP contribution in [0.1, 0.15) is 0 Å². The summed E-state index contributed by atoms with van der Waals surface area (Å²) in [6.07, 6.45) is 0. The van der Waals surface area contributed by atoms with Crippen LogP contribution in [0.5, 0.6) is 92.0 Å². The normalized spacial score (nSPS) is 12.2. The lowest BCUT2D eigenvalue weighted by Gasteiger charge is -2.26. The van der Waals surface area contributed by atoms with Gasteiger partial charge in [-0.1, -0.05) is 21.9 Å². The highest BCUT2D eigenvalue weighted by Crippen LogP contribution is 2.58. The zero-order valence-corrected chi connectivity index (χ0v) is 44.9. The van der Waals surface area contributed by atoms with E-state index in [1.54, 1.807) is 23.5 Å². The fourth-order valence-corrected chi connectivity index (χ4v) is 13.6. The summed E-state index contributed by atoms with van der Waals surface area (Å²) < 4.78 is 27.8. The molecular weight excluding hydrogens is 1060 g/mol. The van der Waals surface area contributed by atoms with Gasteiger partial charge in [0.25, 0.3) is 11.2 Å². The minimum atomic E-state index is -0.985. The minimum Gasteiger partial charge on any atom is -0.508 e. The van der Waals surface area contributed by atoms with E-state index in [0.717, 1.165) is 11.3 Å². The Labute approximate surface area is 463 Å². The Morgan fingerprint density at radius 3 is 1.22 bits per heavy atom. The number of phenolic OH excluding ortho intramolecular Hbond substituents is 16. The highest BCUT2D eigenvalue weighted by atomic mass is 32.1. The molecule has 0 saturated carbocycles. The third-order valence-corrected chi connectivity index (χ3v) is 18.1. The van der Waals surface area contributed by atoms with Gasteiger partial charge in [-0.05, 0) is 32.8 Å². The summed E-state index contributed by atoms with van der Waals surface area (Å²) in [5.41, 5.74) is -4.46. The summed E-state index contributed by atoms with van der Waals surface area (Å²) in [7, 11) is 14.4. The van der Waals surface area contributed by atoms with E-state index in [-0.39, 0.29) is 125 Å². The van der Waals surface area contributed by atoms with Crippen LogP contribution in [0, 0.1) is 0 Å². The quantitative estimate of drug-likeness (QED) is 0.0257. The van der Waals surface area contributed by atoms with Gasteiger partial charge in [-0.3, -0.25) is 22.7 Å². The molecule has 16 N–H and O–H groups in total. The van der Waals surface area contributed by atoms with Crippen LogP contribution in [-0.4, -0.2) is 169 Å². The third-order valence-electron chi connectivity index (χ3n) is 16.9. The summed E-state index contributed by atoms with van der Waals surface area (Å²) in [5.74, 6) is -12.2. The maximum Gasteiger partial charge on any atom is 0.253 e. The smallest absolute Gasteiger partial charge is 0.253 e. The van der Waals surface area contributed by atoms with Crippen LogP contribution in [-0.2, 0) is 0 Å². The third kappa shape index (κ3) is 5.67. The molecule has 8 aromatic carbocycles. The second kappa shape index (κ2) is 16.0. The number of aromatic nitrogens is 2. The van der Waals surface area contributed by atoms with E-state index in [1.165, 1.54) is 63.7 Å². The highest BCUT2D eigenvalue weighted by Gasteiger charge is 2.38. The molecule has 22 nitrogen and oxygen atoms in total. The molecule has 5 heterocycles. The molecule has 0 bridgehead atoms. The van der Waals surface area contributed by atoms with Crippen LogP contribution in [0.2, 0.25) is 0 Å². The van der Waals surface area contributed by atoms with Gasteiger partial charge < -0.3 is 86.1 Å². The molecular formula is C48H36B10N2O20S. The number of hydrogen-bond acceptors (Lipinski definition) is 21. The van der Waals surface area contributed by atoms with E-state index in [0.29, 0.717) is 16.4 Å². The summed E-state index contributed by atoms with van der Waals surface area (Å²) in [6, 6.07) is 0. The Morgan fingerprint density at radius 1 is 0.222 bits per heavy atom. The molecule has 0 aliphatic carbocycles. The van der Waals surface area contributed by atoms with E-state index in [2.05, 4.69) is 0 Å². The number of hydrogen-bond donors (Lipinski definition) is 16. The second-order valence-corrected chi connectivity index (χ2v) is 21.8. The first-order valence-electron chi connectivity index (χ1n) is 24.7. The van der Waals surface area contributed by atoms with Crippen LogP contribution in [0.25, 0.3) is 120 Å². The fraction of sp³-hybridized carbons (Fsp3) is 0. The molecule has 81 heavy (non-hydrogen) atoms. The maximum absolute atomic E-state index is 13.1. The van der Waals surface area contributed by atoms with Gasteiger partial charge in [0.2, 0.25) is 22.7 Å². The van der Waals surface area contributed by atoms with E-state index in [9.17, 15) is 81.7 Å². The average Bonchev–Trinajstić information content (AvgIpc) is 2.69. The molecule has 33 heteroatoms. The molecule has 0 radical (unpaired) electrons. The first-order chi connectivity index (χ1) is 38.1. The van der Waals surface area contributed by atoms with Gasteiger partial charge in [0.05, 0.1) is 47.8 Å². The van der Waals surface area contributed by atoms with Crippen LogP contribution in [0.4, 0.5) is 0 Å². The number of fused-ring (bicyclic) bond motifs is 8. The molecule has 0 atom stereocenters. The van der Waals surface area contributed by atoms with Crippen molar-refractivity contribution in [2.45, 2.75) is 0 Å². The van der Waals surface area contributed by atoms with Crippen LogP contribution < -0.4 is 54.6 Å². The van der Waals surface area contributed by atoms with Crippen molar-refractivity contribution in [2.75, 3.05) is 0 Å². The topological polar surface area (TPSA) is 385 Å². The first-order valence-corrected chi connectivity index (χ1v) is 25.5. The first kappa shape index (κ1) is 50.7. The molecule has 394 valence electrons. The van der Waals surface area contributed by atoms with Crippen molar-refractivity contribution in [3.63, 3.8) is 0 Å². The Morgan fingerprint density at radius 2 is 0.642 bits per heavy atom. The molecule has 0 saturated heterocycles. The van der Waals surface area contributed by atoms with Gasteiger partial charge in [0.15, 0.2) is 46.0 Å². The highest BCUT2D eigenvalue weighted by molar-refractivity contribution is 7.26. The van der Waals surface area contributed by atoms with Crippen molar-refractivity contribution >= 4 is 231 Å². The molecule has 13 rings (SSSR count). The van der Waals surface area contributed by atoms with E-state index in [4.69, 9.17) is 18.3 Å². The zero-order valence-electron chi connectivity index (χ0n) is 44.1. The Kier molecular flexibility index (Phi) is 9.99. The molecule has 0 aliphatic heterocycles. The number of aromatic hydroxyl groups is 16. The predicted octanol–water partition coefficient (Wildman–Crippen LogP) is -7.87. The van der Waals surface area contributed by atoms with Crippen molar-refractivity contribution in [1.29, 1.82) is 0 Å². The van der Waals surface area contributed by atoms with Crippen LogP contribution in [0.15, 0.2) is 18.3 Å². The SMILES string of the molecule is Bc1c(O)c(O)c(B)c(-c2c(B)c(-c3c(O)c(B)c4c(ooc5c6ooc7c(O)c(O)c(B)c8c9c(O)c(O)c(O)c%10sc(c%11c%12c(O)c(B)c(B)c(B)c%12n4c5%11)c6n(c78)c%109)c3O)c(O)c(-c3c(B)c(O)c(O)c(B)c3O)c2O)c1O. The van der Waals surface area contributed by atoms with Crippen molar-refractivity contribution < 1.29 is 100 Å². The molecule has 13 aromatic rings. The van der Waals surface area contributed by atoms with Gasteiger partial charge in [-0.15, -0.1) is 11.3 Å². The fourth-order valence-electron chi connectivity index (χ4n) is 12.4. The largest absolute Gasteiger partial charge is 0.508 e. The summed E-state index contributed by atoms with van der Waals surface area (Å²) in [4.78, 5) is 0. The summed E-state index contributed by atoms with van der Waals surface area (Å²) in [5, 5.41) is 189. The van der Waals surface area contributed by atoms with Gasteiger partial charge in [-0.2, -0.15) is 0 Å². The van der Waals surface area contributed by atoms with Crippen molar-refractivity contribution in [1.82, 2.24) is 8.80 Å². The van der Waals surface area contributed by atoms with Crippen molar-refractivity contribution in [2.24, 2.45) is 0 Å². The Balaban J connectivity index is 1.30. The lowest BCUT2D eigenvalue weighted by Crippen LogP contribution is -2.39. The van der Waals surface area contributed by atoms with Gasteiger partial charge in [0.1, 0.15) is 130 Å². The monoisotopic (exact) mass is 1100 g/mol. The maximum atomic E-state index is 13.1. The predicted molar refractivity (Wildman–Crippen MR) is 331 cm³/mol. The van der Waals surface area contributed by atoms with Crippen molar-refractivity contribution in [3.05, 3.63) is 0 Å². The van der Waals surface area contributed by atoms with E-state index >= 15 is 0 Å². The average molecular weight is 1100 g/mol. The minimum absolute atomic E-state index is 0.00147. The van der Waals surface area contributed by atoms with Crippen LogP contribution in [0.3, 0.4) is 0 Å². The van der Waals surface area contributed by atoms with E-state index < -0.39 is 125 Å². The standard InChI is InChI=1S/C48H36B10N2O20S/c49-11-2(3-13(51)35(69)38(72)19(57)29(3)63)27(61)9(5-14(52)36(70)39(73)20(58)30(5)64)28(62)4(11)10-32(66)18(56)25-44(34(10)68)78-79-45-23-8(7-21(59(23)25)16(54)15(53)17(55)31(7)65)47-26-46(45)80-77-43-22-1(12(50)37(71)41(43)75)6-24(60(22)26)48(81-47)42(76)40(74)33(6)67/h61-76H,49-58H2. The number of benzene rings is 8. The molecule has 0 unspecified atom stereocenters. The van der Waals surface area contributed by atoms with Crippen molar-refractivity contribution in [3.8, 4) is 125 Å².